The molecule has 0 atom stereocenters. The van der Waals surface area contributed by atoms with E-state index in [1.165, 1.54) is 23.1 Å². The van der Waals surface area contributed by atoms with Crippen LogP contribution in [0.1, 0.15) is 5.82 Å². The summed E-state index contributed by atoms with van der Waals surface area (Å²) in [7, 11) is 1.94. The Kier molecular flexibility index (Phi) is 3.76. The van der Waals surface area contributed by atoms with E-state index in [1.54, 1.807) is 11.3 Å². The number of aromatic nitrogens is 5. The van der Waals surface area contributed by atoms with Crippen molar-refractivity contribution >= 4 is 44.7 Å². The molecule has 1 N–H and O–H groups in total. The summed E-state index contributed by atoms with van der Waals surface area (Å²) in [6.07, 6.45) is 0. The van der Waals surface area contributed by atoms with Gasteiger partial charge in [-0.3, -0.25) is 4.79 Å². The Labute approximate surface area is 143 Å². The first-order valence-electron chi connectivity index (χ1n) is 6.75. The van der Waals surface area contributed by atoms with Gasteiger partial charge in [-0.15, -0.1) is 32.9 Å². The number of hydrogen-bond donors (Lipinski definition) is 1. The number of nitrogens with one attached hydrogen (secondary N) is 1. The van der Waals surface area contributed by atoms with Gasteiger partial charge in [0.2, 0.25) is 0 Å². The van der Waals surface area contributed by atoms with Crippen molar-refractivity contribution in [3.63, 3.8) is 0 Å². The molecule has 4 aromatic rings. The Hall–Kier alpha value is -1.97. The van der Waals surface area contributed by atoms with Gasteiger partial charge in [-0.1, -0.05) is 17.8 Å². The van der Waals surface area contributed by atoms with Crippen LogP contribution < -0.4 is 5.56 Å². The predicted molar refractivity (Wildman–Crippen MR) is 94.1 cm³/mol. The van der Waals surface area contributed by atoms with E-state index in [0.29, 0.717) is 16.3 Å². The van der Waals surface area contributed by atoms with Gasteiger partial charge in [-0.05, 0) is 22.9 Å². The van der Waals surface area contributed by atoms with E-state index in [2.05, 4.69) is 20.2 Å². The zero-order valence-corrected chi connectivity index (χ0v) is 14.5. The van der Waals surface area contributed by atoms with Crippen LogP contribution in [0.25, 0.3) is 20.9 Å². The highest BCUT2D eigenvalue weighted by atomic mass is 32.2. The van der Waals surface area contributed by atoms with Crippen LogP contribution in [0.2, 0.25) is 0 Å². The monoisotopic (exact) mass is 361 g/mol. The van der Waals surface area contributed by atoms with Gasteiger partial charge in [0.1, 0.15) is 10.5 Å². The summed E-state index contributed by atoms with van der Waals surface area (Å²) in [5, 5.41) is 13.2. The molecule has 0 unspecified atom stereocenters. The van der Waals surface area contributed by atoms with E-state index in [0.717, 1.165) is 21.4 Å². The average molecular weight is 361 g/mol. The number of fused-ring (bicyclic) bond motifs is 1. The van der Waals surface area contributed by atoms with Gasteiger partial charge < -0.3 is 9.55 Å². The normalized spacial score (nSPS) is 11.3. The summed E-state index contributed by atoms with van der Waals surface area (Å²) in [5.41, 5.74) is 0.657. The maximum absolute atomic E-state index is 12.0. The molecular formula is C14H11N5OS3. The van der Waals surface area contributed by atoms with Crippen molar-refractivity contribution < 1.29 is 0 Å². The topological polar surface area (TPSA) is 76.5 Å². The highest BCUT2D eigenvalue weighted by Gasteiger charge is 2.13. The Bertz CT molecular complexity index is 1010. The Morgan fingerprint density at radius 1 is 1.26 bits per heavy atom. The fourth-order valence-corrected chi connectivity index (χ4v) is 4.43. The van der Waals surface area contributed by atoms with Crippen molar-refractivity contribution in [2.75, 3.05) is 0 Å². The lowest BCUT2D eigenvalue weighted by molar-refractivity contribution is 0.793. The third kappa shape index (κ3) is 2.71. The quantitative estimate of drug-likeness (QED) is 0.565. The minimum atomic E-state index is -0.0853. The van der Waals surface area contributed by atoms with Crippen molar-refractivity contribution in [1.82, 2.24) is 24.7 Å². The van der Waals surface area contributed by atoms with Gasteiger partial charge >= 0.3 is 0 Å². The lowest BCUT2D eigenvalue weighted by Crippen LogP contribution is -2.09. The lowest BCUT2D eigenvalue weighted by atomic mass is 10.4. The van der Waals surface area contributed by atoms with Gasteiger partial charge in [-0.2, -0.15) is 0 Å². The second kappa shape index (κ2) is 5.91. The Balaban J connectivity index is 1.58. The lowest BCUT2D eigenvalue weighted by Gasteiger charge is -2.02. The van der Waals surface area contributed by atoms with Crippen molar-refractivity contribution in [3.05, 3.63) is 45.1 Å². The highest BCUT2D eigenvalue weighted by Crippen LogP contribution is 2.27. The van der Waals surface area contributed by atoms with E-state index in [4.69, 9.17) is 0 Å². The van der Waals surface area contributed by atoms with Gasteiger partial charge in [0.25, 0.3) is 5.56 Å². The summed E-state index contributed by atoms with van der Waals surface area (Å²) in [6, 6.07) is 5.87. The molecule has 23 heavy (non-hydrogen) atoms. The molecule has 0 radical (unpaired) electrons. The number of aromatic amines is 1. The van der Waals surface area contributed by atoms with Crippen LogP contribution in [0.5, 0.6) is 0 Å². The number of thioether (sulfide) groups is 1. The van der Waals surface area contributed by atoms with Crippen molar-refractivity contribution in [1.29, 1.82) is 0 Å². The van der Waals surface area contributed by atoms with Crippen LogP contribution >= 0.6 is 34.4 Å². The van der Waals surface area contributed by atoms with Crippen molar-refractivity contribution in [2.45, 2.75) is 10.9 Å². The molecule has 9 heteroatoms. The molecule has 0 amide bonds. The first-order chi connectivity index (χ1) is 11.2. The first kappa shape index (κ1) is 14.6. The van der Waals surface area contributed by atoms with Gasteiger partial charge in [0.05, 0.1) is 16.1 Å². The largest absolute Gasteiger partial charge is 0.309 e. The maximum Gasteiger partial charge on any atom is 0.268 e. The first-order valence-corrected chi connectivity index (χ1v) is 9.49. The summed E-state index contributed by atoms with van der Waals surface area (Å²) < 4.78 is 2.62. The summed E-state index contributed by atoms with van der Waals surface area (Å²) in [4.78, 5) is 20.4. The molecule has 4 heterocycles. The molecule has 0 saturated carbocycles. The molecule has 0 aliphatic rings. The molecule has 6 nitrogen and oxygen atoms in total. The number of rotatable bonds is 4. The van der Waals surface area contributed by atoms with Gasteiger partial charge in [-0.25, -0.2) is 4.98 Å². The van der Waals surface area contributed by atoms with E-state index < -0.39 is 0 Å². The second-order valence-corrected chi connectivity index (χ2v) is 7.59. The third-order valence-electron chi connectivity index (χ3n) is 3.28. The number of hydrogen-bond acceptors (Lipinski definition) is 7. The molecule has 116 valence electrons. The van der Waals surface area contributed by atoms with Crippen LogP contribution in [-0.2, 0) is 12.8 Å². The summed E-state index contributed by atoms with van der Waals surface area (Å²) in [6.45, 7) is 0. The van der Waals surface area contributed by atoms with Crippen LogP contribution in [0, 0.1) is 0 Å². The average Bonchev–Trinajstić information content (AvgIpc) is 3.25. The molecular weight excluding hydrogens is 350 g/mol. The predicted octanol–water partition coefficient (Wildman–Crippen LogP) is 3.13. The molecule has 4 rings (SSSR count). The molecule has 0 aliphatic carbocycles. The van der Waals surface area contributed by atoms with Crippen LogP contribution in [0.15, 0.2) is 38.9 Å². The second-order valence-electron chi connectivity index (χ2n) is 4.78. The van der Waals surface area contributed by atoms with Crippen LogP contribution in [0.3, 0.4) is 0 Å². The van der Waals surface area contributed by atoms with Gasteiger partial charge in [0.15, 0.2) is 11.0 Å². The third-order valence-corrected chi connectivity index (χ3v) is 6.08. The van der Waals surface area contributed by atoms with E-state index in [1.807, 2.05) is 40.6 Å². The number of thiophene rings is 2. The fraction of sp³-hybridized carbons (Fsp3) is 0.143. The minimum Gasteiger partial charge on any atom is -0.309 e. The highest BCUT2D eigenvalue weighted by molar-refractivity contribution is 7.98. The molecule has 0 aliphatic heterocycles. The Morgan fingerprint density at radius 3 is 3.00 bits per heavy atom. The maximum atomic E-state index is 12.0. The van der Waals surface area contributed by atoms with E-state index in [-0.39, 0.29) is 5.56 Å². The molecule has 0 aromatic carbocycles. The van der Waals surface area contributed by atoms with Crippen molar-refractivity contribution in [2.24, 2.45) is 7.05 Å². The zero-order valence-electron chi connectivity index (χ0n) is 12.0. The molecule has 0 fully saturated rings. The number of H-pyrrole nitrogens is 1. The summed E-state index contributed by atoms with van der Waals surface area (Å²) >= 11 is 4.54. The molecule has 0 bridgehead atoms. The van der Waals surface area contributed by atoms with E-state index in [9.17, 15) is 4.79 Å². The minimum absolute atomic E-state index is 0.0853. The van der Waals surface area contributed by atoms with Gasteiger partial charge in [0, 0.05) is 7.05 Å². The number of nitrogens with zero attached hydrogens (tertiary/aromatic N) is 4. The molecule has 4 aromatic heterocycles. The molecule has 0 spiro atoms. The van der Waals surface area contributed by atoms with E-state index >= 15 is 0 Å². The SMILES string of the molecule is Cn1c(SCc2nc3ccsc3c(=O)[nH]2)nnc1-c1cccs1. The van der Waals surface area contributed by atoms with Crippen LogP contribution in [0.4, 0.5) is 0 Å². The van der Waals surface area contributed by atoms with Crippen molar-refractivity contribution in [3.8, 4) is 10.7 Å². The smallest absolute Gasteiger partial charge is 0.268 e. The molecule has 0 saturated heterocycles. The standard InChI is InChI=1S/C14H11N5OS3/c1-19-12(9-3-2-5-21-9)17-18-14(19)23-7-10-15-8-4-6-22-11(8)13(20)16-10/h2-6H,7H2,1H3,(H,15,16,20). The fourth-order valence-electron chi connectivity index (χ4n) is 2.18. The Morgan fingerprint density at radius 2 is 2.17 bits per heavy atom. The van der Waals surface area contributed by atoms with Crippen LogP contribution in [-0.4, -0.2) is 24.7 Å². The zero-order chi connectivity index (χ0) is 15.8. The summed E-state index contributed by atoms with van der Waals surface area (Å²) in [5.74, 6) is 2.03.